The molecule has 2 fully saturated rings. The first kappa shape index (κ1) is 29.8. The largest absolute Gasteiger partial charge is 0.491 e. The monoisotopic (exact) mass is 596 g/mol. The van der Waals surface area contributed by atoms with Gasteiger partial charge < -0.3 is 14.7 Å². The van der Waals surface area contributed by atoms with Crippen LogP contribution in [0.2, 0.25) is 0 Å². The van der Waals surface area contributed by atoms with E-state index in [4.69, 9.17) is 5.73 Å². The molecular weight excluding hydrogens is 567 g/mol. The third-order valence-electron chi connectivity index (χ3n) is 7.92. The number of aliphatic hydroxyl groups is 1. The molecule has 226 valence electrons. The molecule has 10 nitrogen and oxygen atoms in total. The highest BCUT2D eigenvalue weighted by molar-refractivity contribution is 5.84. The van der Waals surface area contributed by atoms with E-state index < -0.39 is 41.8 Å². The van der Waals surface area contributed by atoms with Gasteiger partial charge in [-0.1, -0.05) is 12.1 Å². The van der Waals surface area contributed by atoms with Gasteiger partial charge in [-0.25, -0.2) is 9.78 Å². The van der Waals surface area contributed by atoms with Crippen LogP contribution in [0.3, 0.4) is 0 Å². The Hall–Kier alpha value is -3.69. The number of aromatic nitrogens is 3. The van der Waals surface area contributed by atoms with E-state index in [1.54, 1.807) is 35.5 Å². The second-order valence-electron chi connectivity index (χ2n) is 11.0. The van der Waals surface area contributed by atoms with Crippen LogP contribution < -0.4 is 5.73 Å². The third kappa shape index (κ3) is 5.43. The fourth-order valence-corrected chi connectivity index (χ4v) is 5.12. The number of hydrogen-bond donors (Lipinski definition) is 2. The number of hydrogen-bond acceptors (Lipinski definition) is 8. The molecule has 3 N–H and O–H groups in total. The third-order valence-corrected chi connectivity index (χ3v) is 7.92. The molecule has 1 saturated carbocycles. The van der Waals surface area contributed by atoms with Crippen molar-refractivity contribution in [2.45, 2.75) is 50.2 Å². The molecule has 1 aliphatic heterocycles. The van der Waals surface area contributed by atoms with Crippen molar-refractivity contribution >= 4 is 17.5 Å². The number of rotatable bonds is 6. The maximum atomic E-state index is 14.0. The summed E-state index contributed by atoms with van der Waals surface area (Å²) in [6.07, 6.45) is -1.49. The van der Waals surface area contributed by atoms with Crippen molar-refractivity contribution in [1.82, 2.24) is 24.2 Å². The Morgan fingerprint density at radius 3 is 2.50 bits per heavy atom. The second kappa shape index (κ2) is 10.2. The quantitative estimate of drug-likeness (QED) is 0.253. The number of nitrogens with two attached hydrogens (primary N) is 1. The summed E-state index contributed by atoms with van der Waals surface area (Å²) in [7, 11) is 1.65. The fourth-order valence-electron chi connectivity index (χ4n) is 5.12. The van der Waals surface area contributed by atoms with Crippen LogP contribution in [0.25, 0.3) is 16.9 Å². The van der Waals surface area contributed by atoms with Gasteiger partial charge in [-0.3, -0.25) is 24.8 Å². The summed E-state index contributed by atoms with van der Waals surface area (Å²) in [4.78, 5) is 36.4. The smallest absolute Gasteiger partial charge is 0.433 e. The summed E-state index contributed by atoms with van der Waals surface area (Å²) in [6.45, 7) is 3.12. The number of imidazole rings is 1. The van der Waals surface area contributed by atoms with E-state index in [0.29, 0.717) is 41.1 Å². The lowest BCUT2D eigenvalue weighted by Gasteiger charge is -2.39. The average Bonchev–Trinajstić information content (AvgIpc) is 3.59. The average molecular weight is 597 g/mol. The van der Waals surface area contributed by atoms with Crippen LogP contribution in [0, 0.1) is 12.8 Å². The molecule has 1 amide bonds. The van der Waals surface area contributed by atoms with Crippen molar-refractivity contribution in [3.63, 3.8) is 0 Å². The van der Waals surface area contributed by atoms with Crippen molar-refractivity contribution in [2.24, 2.45) is 11.7 Å². The highest BCUT2D eigenvalue weighted by Gasteiger charge is 2.51. The minimum absolute atomic E-state index is 0.0606. The maximum absolute atomic E-state index is 14.0. The Kier molecular flexibility index (Phi) is 7.26. The molecule has 3 aromatic rings. The number of halogens is 5. The number of nitrogens with zero attached hydrogens (tertiary/aromatic N) is 5. The van der Waals surface area contributed by atoms with Crippen molar-refractivity contribution in [3.05, 3.63) is 53.6 Å². The minimum Gasteiger partial charge on any atom is -0.433 e. The Bertz CT molecular complexity index is 1540. The van der Waals surface area contributed by atoms with Gasteiger partial charge in [-0.05, 0) is 44.5 Å². The Labute approximate surface area is 236 Å². The lowest BCUT2D eigenvalue weighted by Crippen LogP contribution is -2.57. The number of alkyl halides is 5. The van der Waals surface area contributed by atoms with E-state index in [-0.39, 0.29) is 24.6 Å². The lowest BCUT2D eigenvalue weighted by molar-refractivity contribution is -0.216. The summed E-state index contributed by atoms with van der Waals surface area (Å²) in [5.74, 6) is -3.72. The maximum Gasteiger partial charge on any atom is 0.491 e. The van der Waals surface area contributed by atoms with Crippen LogP contribution in [-0.4, -0.2) is 86.3 Å². The van der Waals surface area contributed by atoms with Crippen LogP contribution in [0.4, 0.5) is 22.0 Å². The van der Waals surface area contributed by atoms with E-state index in [9.17, 15) is 36.6 Å². The van der Waals surface area contributed by atoms with Gasteiger partial charge in [0.1, 0.15) is 0 Å². The Morgan fingerprint density at radius 1 is 1.12 bits per heavy atom. The predicted octanol–water partition coefficient (Wildman–Crippen LogP) is 2.77. The van der Waals surface area contributed by atoms with Crippen LogP contribution >= 0.6 is 0 Å². The molecule has 0 spiro atoms. The van der Waals surface area contributed by atoms with Gasteiger partial charge in [0, 0.05) is 36.7 Å². The van der Waals surface area contributed by atoms with E-state index >= 15 is 0 Å². The molecule has 2 aromatic heterocycles. The SMILES string of the molecule is Cc1ccc(C(C)(O)C(N)(F)F)cc1-c1cnc2cnc(C3CC3C(=O)N3CCN(C)CC3OC(=O)C(F)(F)F)cn12. The normalized spacial score (nSPS) is 23.1. The zero-order chi connectivity index (χ0) is 30.8. The molecule has 4 unspecified atom stereocenters. The predicted molar refractivity (Wildman–Crippen MR) is 138 cm³/mol. The number of amides is 1. The number of carbonyl (C=O) groups excluding carboxylic acids is 2. The Balaban J connectivity index is 1.40. The van der Waals surface area contributed by atoms with E-state index in [1.807, 2.05) is 0 Å². The van der Waals surface area contributed by atoms with Crippen molar-refractivity contribution in [1.29, 1.82) is 0 Å². The number of carbonyl (C=O) groups is 2. The van der Waals surface area contributed by atoms with Crippen LogP contribution in [0.5, 0.6) is 0 Å². The summed E-state index contributed by atoms with van der Waals surface area (Å²) in [5.41, 5.74) is 4.90. The number of fused-ring (bicyclic) bond motifs is 1. The van der Waals surface area contributed by atoms with E-state index in [1.165, 1.54) is 29.4 Å². The first-order valence-electron chi connectivity index (χ1n) is 13.1. The van der Waals surface area contributed by atoms with Gasteiger partial charge in [0.05, 0.1) is 30.3 Å². The highest BCUT2D eigenvalue weighted by Crippen LogP contribution is 2.48. The standard InChI is InChI=1S/C27H29F5N6O4/c1-14-4-5-15(25(2,41)27(31,32)33)8-16(14)20-10-35-21-11-34-19(12-38(20)21)17-9-18(17)23(39)37-7-6-36(3)13-22(37)42-24(40)26(28,29)30/h4-5,8,10-12,17-18,22,41H,6-7,9,13,33H2,1-3H3. The summed E-state index contributed by atoms with van der Waals surface area (Å²) >= 11 is 0. The number of aryl methyl sites for hydroxylation is 1. The summed E-state index contributed by atoms with van der Waals surface area (Å²) in [5, 5.41) is 10.5. The number of piperazine rings is 1. The second-order valence-corrected chi connectivity index (χ2v) is 11.0. The van der Waals surface area contributed by atoms with Gasteiger partial charge in [0.15, 0.2) is 17.5 Å². The molecule has 15 heteroatoms. The van der Waals surface area contributed by atoms with Crippen molar-refractivity contribution < 1.29 is 41.4 Å². The molecule has 1 aromatic carbocycles. The van der Waals surface area contributed by atoms with E-state index in [0.717, 1.165) is 6.92 Å². The first-order valence-corrected chi connectivity index (χ1v) is 13.1. The van der Waals surface area contributed by atoms with Crippen LogP contribution in [0.1, 0.15) is 36.1 Å². The topological polar surface area (TPSA) is 126 Å². The molecule has 42 heavy (non-hydrogen) atoms. The number of benzene rings is 1. The minimum atomic E-state index is -5.19. The Morgan fingerprint density at radius 2 is 1.83 bits per heavy atom. The zero-order valence-electron chi connectivity index (χ0n) is 22.9. The van der Waals surface area contributed by atoms with Gasteiger partial charge >= 0.3 is 18.2 Å². The number of ether oxygens (including phenoxy) is 1. The zero-order valence-corrected chi connectivity index (χ0v) is 22.9. The number of likely N-dealkylation sites (N-methyl/N-ethyl adjacent to an activating group) is 1. The molecule has 1 aliphatic carbocycles. The van der Waals surface area contributed by atoms with E-state index in [2.05, 4.69) is 14.7 Å². The molecule has 0 radical (unpaired) electrons. The van der Waals surface area contributed by atoms with Crippen LogP contribution in [-0.2, 0) is 19.9 Å². The van der Waals surface area contributed by atoms with Crippen molar-refractivity contribution in [3.8, 4) is 11.3 Å². The van der Waals surface area contributed by atoms with Crippen molar-refractivity contribution in [2.75, 3.05) is 26.7 Å². The molecule has 3 heterocycles. The van der Waals surface area contributed by atoms with Gasteiger partial charge in [-0.2, -0.15) is 22.0 Å². The first-order chi connectivity index (χ1) is 19.5. The van der Waals surface area contributed by atoms with Gasteiger partial charge in [-0.15, -0.1) is 0 Å². The molecule has 4 atom stereocenters. The highest BCUT2D eigenvalue weighted by atomic mass is 19.4. The molecular formula is C27H29F5N6O4. The summed E-state index contributed by atoms with van der Waals surface area (Å²) < 4.78 is 72.8. The molecule has 1 saturated heterocycles. The van der Waals surface area contributed by atoms with Gasteiger partial charge in [0.25, 0.3) is 0 Å². The summed E-state index contributed by atoms with van der Waals surface area (Å²) in [6, 6.07) is 0.463. The molecule has 2 aliphatic rings. The molecule has 0 bridgehead atoms. The lowest BCUT2D eigenvalue weighted by atomic mass is 9.90. The number of esters is 1. The fraction of sp³-hybridized carbons (Fsp3) is 0.481. The van der Waals surface area contributed by atoms with Gasteiger partial charge in [0.2, 0.25) is 5.91 Å². The molecule has 5 rings (SSSR count). The van der Waals surface area contributed by atoms with Crippen LogP contribution in [0.15, 0.2) is 36.8 Å².